The Balaban J connectivity index is 2.46. The number of hydrogen-bond acceptors (Lipinski definition) is 2. The number of imidazole rings is 1. The molecule has 0 radical (unpaired) electrons. The quantitative estimate of drug-likeness (QED) is 0.636. The zero-order valence-electron chi connectivity index (χ0n) is 7.32. The maximum atomic E-state index is 8.63. The average Bonchev–Trinajstić information content (AvgIpc) is 2.52. The molecule has 0 aliphatic rings. The fourth-order valence-corrected chi connectivity index (χ4v) is 1.13. The van der Waals surface area contributed by atoms with Crippen LogP contribution in [0.2, 0.25) is 0 Å². The number of nitrogens with zero attached hydrogens (tertiary/aromatic N) is 3. The SMILES string of the molecule is CCCCCn1ccnc1C#N. The summed E-state index contributed by atoms with van der Waals surface area (Å²) in [6.45, 7) is 3.08. The molecule has 0 fully saturated rings. The lowest BCUT2D eigenvalue weighted by atomic mass is 10.2. The van der Waals surface area contributed by atoms with Gasteiger partial charge < -0.3 is 4.57 Å². The van der Waals surface area contributed by atoms with Crippen LogP contribution < -0.4 is 0 Å². The molecule has 64 valence electrons. The van der Waals surface area contributed by atoms with Crippen molar-refractivity contribution < 1.29 is 0 Å². The molecule has 12 heavy (non-hydrogen) atoms. The molecule has 1 rings (SSSR count). The monoisotopic (exact) mass is 163 g/mol. The molecule has 1 aromatic rings. The summed E-state index contributed by atoms with van der Waals surface area (Å²) in [7, 11) is 0. The third-order valence-electron chi connectivity index (χ3n) is 1.82. The van der Waals surface area contributed by atoms with Gasteiger partial charge in [0.05, 0.1) is 0 Å². The molecule has 0 amide bonds. The van der Waals surface area contributed by atoms with Gasteiger partial charge in [0.15, 0.2) is 0 Å². The van der Waals surface area contributed by atoms with Crippen LogP contribution >= 0.6 is 0 Å². The molecular formula is C9H13N3. The number of unbranched alkanes of at least 4 members (excludes halogenated alkanes) is 2. The summed E-state index contributed by atoms with van der Waals surface area (Å²) in [6.07, 6.45) is 7.07. The van der Waals surface area contributed by atoms with E-state index in [1.54, 1.807) is 6.20 Å². The van der Waals surface area contributed by atoms with E-state index in [1.165, 1.54) is 12.8 Å². The summed E-state index contributed by atoms with van der Waals surface area (Å²) in [5.74, 6) is 0.520. The molecule has 0 saturated heterocycles. The van der Waals surface area contributed by atoms with E-state index in [2.05, 4.69) is 18.0 Å². The van der Waals surface area contributed by atoms with Crippen LogP contribution in [0, 0.1) is 11.3 Å². The Hall–Kier alpha value is -1.30. The highest BCUT2D eigenvalue weighted by Crippen LogP contribution is 2.01. The molecule has 0 bridgehead atoms. The first-order valence-electron chi connectivity index (χ1n) is 4.29. The van der Waals surface area contributed by atoms with Crippen molar-refractivity contribution >= 4 is 0 Å². The summed E-state index contributed by atoms with van der Waals surface area (Å²) in [5, 5.41) is 8.63. The fourth-order valence-electron chi connectivity index (χ4n) is 1.13. The molecule has 1 heterocycles. The fraction of sp³-hybridized carbons (Fsp3) is 0.556. The van der Waals surface area contributed by atoms with Crippen molar-refractivity contribution in [3.8, 4) is 6.07 Å². The van der Waals surface area contributed by atoms with Gasteiger partial charge in [-0.1, -0.05) is 19.8 Å². The van der Waals surface area contributed by atoms with Gasteiger partial charge in [-0.15, -0.1) is 0 Å². The molecule has 0 aromatic carbocycles. The Labute approximate surface area is 72.7 Å². The third-order valence-corrected chi connectivity index (χ3v) is 1.82. The van der Waals surface area contributed by atoms with E-state index in [1.807, 2.05) is 10.8 Å². The third kappa shape index (κ3) is 2.09. The predicted octanol–water partition coefficient (Wildman–Crippen LogP) is 1.94. The Morgan fingerprint density at radius 3 is 3.08 bits per heavy atom. The van der Waals surface area contributed by atoms with E-state index in [0.717, 1.165) is 13.0 Å². The van der Waals surface area contributed by atoms with Gasteiger partial charge in [-0.05, 0) is 6.42 Å². The van der Waals surface area contributed by atoms with Crippen molar-refractivity contribution in [2.75, 3.05) is 0 Å². The Kier molecular flexibility index (Phi) is 3.34. The van der Waals surface area contributed by atoms with Crippen molar-refractivity contribution in [3.05, 3.63) is 18.2 Å². The molecule has 0 aliphatic carbocycles. The molecule has 0 saturated carbocycles. The minimum Gasteiger partial charge on any atom is -0.323 e. The molecule has 3 nitrogen and oxygen atoms in total. The van der Waals surface area contributed by atoms with Crippen molar-refractivity contribution in [3.63, 3.8) is 0 Å². The molecule has 0 aliphatic heterocycles. The van der Waals surface area contributed by atoms with E-state index in [-0.39, 0.29) is 0 Å². The van der Waals surface area contributed by atoms with Crippen LogP contribution in [0.1, 0.15) is 32.0 Å². The lowest BCUT2D eigenvalue weighted by Crippen LogP contribution is -1.99. The lowest BCUT2D eigenvalue weighted by Gasteiger charge is -2.01. The van der Waals surface area contributed by atoms with Gasteiger partial charge in [0.1, 0.15) is 6.07 Å². The first-order chi connectivity index (χ1) is 5.88. The highest BCUT2D eigenvalue weighted by molar-refractivity contribution is 5.10. The summed E-state index contributed by atoms with van der Waals surface area (Å²) in [4.78, 5) is 3.92. The highest BCUT2D eigenvalue weighted by Gasteiger charge is 1.98. The molecule has 0 atom stereocenters. The standard InChI is InChI=1S/C9H13N3/c1-2-3-4-6-12-7-5-11-9(12)8-10/h5,7H,2-4,6H2,1H3. The second-order valence-corrected chi connectivity index (χ2v) is 2.76. The first-order valence-corrected chi connectivity index (χ1v) is 4.29. The average molecular weight is 163 g/mol. The van der Waals surface area contributed by atoms with Gasteiger partial charge in [-0.25, -0.2) is 4.98 Å². The van der Waals surface area contributed by atoms with Gasteiger partial charge in [-0.2, -0.15) is 5.26 Å². The van der Waals surface area contributed by atoms with Gasteiger partial charge in [-0.3, -0.25) is 0 Å². The van der Waals surface area contributed by atoms with E-state index in [4.69, 9.17) is 5.26 Å². The van der Waals surface area contributed by atoms with Crippen LogP contribution in [0.25, 0.3) is 0 Å². The summed E-state index contributed by atoms with van der Waals surface area (Å²) in [6, 6.07) is 2.05. The maximum absolute atomic E-state index is 8.63. The van der Waals surface area contributed by atoms with Gasteiger partial charge in [0.25, 0.3) is 0 Å². The summed E-state index contributed by atoms with van der Waals surface area (Å²) >= 11 is 0. The minimum absolute atomic E-state index is 0.520. The van der Waals surface area contributed by atoms with Crippen LogP contribution in [0.3, 0.4) is 0 Å². The number of hydrogen-bond donors (Lipinski definition) is 0. The highest BCUT2D eigenvalue weighted by atomic mass is 15.1. The van der Waals surface area contributed by atoms with E-state index >= 15 is 0 Å². The predicted molar refractivity (Wildman–Crippen MR) is 46.5 cm³/mol. The Morgan fingerprint density at radius 1 is 1.58 bits per heavy atom. The van der Waals surface area contributed by atoms with Crippen LogP contribution in [-0.4, -0.2) is 9.55 Å². The summed E-state index contributed by atoms with van der Waals surface area (Å²) in [5.41, 5.74) is 0. The molecule has 0 N–H and O–H groups in total. The van der Waals surface area contributed by atoms with Crippen molar-refractivity contribution in [1.29, 1.82) is 5.26 Å². The molecule has 0 spiro atoms. The number of nitriles is 1. The van der Waals surface area contributed by atoms with Gasteiger partial charge in [0.2, 0.25) is 5.82 Å². The van der Waals surface area contributed by atoms with E-state index in [9.17, 15) is 0 Å². The molecule has 1 aromatic heterocycles. The minimum atomic E-state index is 0.520. The lowest BCUT2D eigenvalue weighted by molar-refractivity contribution is 0.597. The topological polar surface area (TPSA) is 41.6 Å². The number of rotatable bonds is 4. The molecule has 0 unspecified atom stereocenters. The van der Waals surface area contributed by atoms with Crippen molar-refractivity contribution in [2.24, 2.45) is 0 Å². The number of aromatic nitrogens is 2. The number of aryl methyl sites for hydroxylation is 1. The van der Waals surface area contributed by atoms with Crippen molar-refractivity contribution in [2.45, 2.75) is 32.7 Å². The summed E-state index contributed by atoms with van der Waals surface area (Å²) < 4.78 is 1.90. The Morgan fingerprint density at radius 2 is 2.42 bits per heavy atom. The Bertz CT molecular complexity index is 270. The first kappa shape index (κ1) is 8.79. The largest absolute Gasteiger partial charge is 0.323 e. The normalized spacial score (nSPS) is 9.67. The zero-order valence-corrected chi connectivity index (χ0v) is 7.32. The second kappa shape index (κ2) is 4.55. The molecule has 3 heteroatoms. The smallest absolute Gasteiger partial charge is 0.212 e. The van der Waals surface area contributed by atoms with E-state index < -0.39 is 0 Å². The van der Waals surface area contributed by atoms with Crippen LogP contribution in [0.5, 0.6) is 0 Å². The molecular weight excluding hydrogens is 150 g/mol. The maximum Gasteiger partial charge on any atom is 0.212 e. The van der Waals surface area contributed by atoms with Crippen LogP contribution in [0.4, 0.5) is 0 Å². The zero-order chi connectivity index (χ0) is 8.81. The van der Waals surface area contributed by atoms with Crippen molar-refractivity contribution in [1.82, 2.24) is 9.55 Å². The van der Waals surface area contributed by atoms with Gasteiger partial charge >= 0.3 is 0 Å². The van der Waals surface area contributed by atoms with Crippen LogP contribution in [-0.2, 0) is 6.54 Å². The van der Waals surface area contributed by atoms with E-state index in [0.29, 0.717) is 5.82 Å². The van der Waals surface area contributed by atoms with Crippen LogP contribution in [0.15, 0.2) is 12.4 Å². The second-order valence-electron chi connectivity index (χ2n) is 2.76. The van der Waals surface area contributed by atoms with Gasteiger partial charge in [0, 0.05) is 18.9 Å².